The predicted octanol–water partition coefficient (Wildman–Crippen LogP) is 1.89. The summed E-state index contributed by atoms with van der Waals surface area (Å²) in [6.45, 7) is 1.68. The maximum absolute atomic E-state index is 12.6. The number of rotatable bonds is 1. The molecule has 0 atom stereocenters. The minimum absolute atomic E-state index is 0. The lowest BCUT2D eigenvalue weighted by molar-refractivity contribution is -0.183. The Bertz CT molecular complexity index is 538. The van der Waals surface area contributed by atoms with Gasteiger partial charge in [0.1, 0.15) is 0 Å². The van der Waals surface area contributed by atoms with E-state index in [4.69, 9.17) is 0 Å². The topological polar surface area (TPSA) is 61.0 Å². The van der Waals surface area contributed by atoms with Crippen molar-refractivity contribution in [2.75, 3.05) is 19.6 Å². The number of carbonyl (C=O) groups is 1. The molecule has 0 aromatic carbocycles. The van der Waals surface area contributed by atoms with E-state index in [0.717, 1.165) is 24.2 Å². The second-order valence-electron chi connectivity index (χ2n) is 5.56. The summed E-state index contributed by atoms with van der Waals surface area (Å²) in [6, 6.07) is 0. The van der Waals surface area contributed by atoms with Gasteiger partial charge < -0.3 is 10.2 Å². The number of amides is 1. The summed E-state index contributed by atoms with van der Waals surface area (Å²) in [7, 11) is 0. The monoisotopic (exact) mass is 338 g/mol. The van der Waals surface area contributed by atoms with Crippen LogP contribution in [0.3, 0.4) is 0 Å². The van der Waals surface area contributed by atoms with Crippen LogP contribution < -0.4 is 5.32 Å². The van der Waals surface area contributed by atoms with Crippen molar-refractivity contribution in [2.24, 2.45) is 5.92 Å². The van der Waals surface area contributed by atoms with E-state index in [0.29, 0.717) is 12.2 Å². The number of hydrogen-bond acceptors (Lipinski definition) is 3. The number of piperidine rings is 1. The van der Waals surface area contributed by atoms with Crippen molar-refractivity contribution < 1.29 is 18.0 Å². The molecule has 1 amide bonds. The fraction of sp³-hybridized carbons (Fsp3) is 0.692. The highest BCUT2D eigenvalue weighted by molar-refractivity contribution is 5.94. The molecule has 0 spiro atoms. The highest BCUT2D eigenvalue weighted by Gasteiger charge is 2.42. The number of aromatic amines is 1. The van der Waals surface area contributed by atoms with Gasteiger partial charge in [0.2, 0.25) is 0 Å². The van der Waals surface area contributed by atoms with Gasteiger partial charge in [-0.3, -0.25) is 9.89 Å². The fourth-order valence-electron chi connectivity index (χ4n) is 2.96. The molecule has 1 fully saturated rings. The molecule has 0 bridgehead atoms. The van der Waals surface area contributed by atoms with E-state index in [1.807, 2.05) is 0 Å². The summed E-state index contributed by atoms with van der Waals surface area (Å²) in [5.74, 6) is -1.56. The number of hydrogen-bond donors (Lipinski definition) is 2. The lowest BCUT2D eigenvalue weighted by Gasteiger charge is -2.32. The summed E-state index contributed by atoms with van der Waals surface area (Å²) in [4.78, 5) is 13.9. The van der Waals surface area contributed by atoms with Crippen molar-refractivity contribution in [1.82, 2.24) is 20.4 Å². The van der Waals surface area contributed by atoms with Crippen LogP contribution >= 0.6 is 12.4 Å². The lowest BCUT2D eigenvalue weighted by atomic mass is 9.96. The normalized spacial score (nSPS) is 19.5. The van der Waals surface area contributed by atoms with E-state index in [9.17, 15) is 18.0 Å². The van der Waals surface area contributed by atoms with Crippen LogP contribution in [0.15, 0.2) is 0 Å². The van der Waals surface area contributed by atoms with Gasteiger partial charge in [-0.05, 0) is 12.8 Å². The Hall–Kier alpha value is -1.28. The highest BCUT2D eigenvalue weighted by atomic mass is 35.5. The number of nitrogens with one attached hydrogen (secondary N) is 2. The average molecular weight is 339 g/mol. The summed E-state index contributed by atoms with van der Waals surface area (Å²) < 4.78 is 37.9. The number of H-pyrrole nitrogens is 1. The largest absolute Gasteiger partial charge is 0.391 e. The summed E-state index contributed by atoms with van der Waals surface area (Å²) >= 11 is 0. The molecule has 2 aliphatic rings. The highest BCUT2D eigenvalue weighted by Crippen LogP contribution is 2.34. The summed E-state index contributed by atoms with van der Waals surface area (Å²) in [5, 5.41) is 10.1. The Morgan fingerprint density at radius 2 is 1.95 bits per heavy atom. The minimum Gasteiger partial charge on any atom is -0.337 e. The van der Waals surface area contributed by atoms with Crippen LogP contribution in [0.2, 0.25) is 0 Å². The molecule has 1 saturated heterocycles. The second-order valence-corrected chi connectivity index (χ2v) is 5.56. The number of halogens is 4. The number of aromatic nitrogens is 2. The van der Waals surface area contributed by atoms with E-state index in [-0.39, 0.29) is 44.2 Å². The Labute approximate surface area is 132 Å². The first-order valence-corrected chi connectivity index (χ1v) is 7.09. The smallest absolute Gasteiger partial charge is 0.337 e. The first-order chi connectivity index (χ1) is 9.97. The zero-order valence-electron chi connectivity index (χ0n) is 11.9. The van der Waals surface area contributed by atoms with E-state index in [1.54, 1.807) is 0 Å². The number of fused-ring (bicyclic) bond motifs is 1. The Balaban J connectivity index is 0.00000176. The second kappa shape index (κ2) is 6.45. The van der Waals surface area contributed by atoms with E-state index in [1.165, 1.54) is 4.90 Å². The van der Waals surface area contributed by atoms with Crippen LogP contribution in [0.5, 0.6) is 0 Å². The molecule has 124 valence electrons. The third-order valence-electron chi connectivity index (χ3n) is 4.25. The van der Waals surface area contributed by atoms with Crippen LogP contribution in [-0.4, -0.2) is 46.8 Å². The van der Waals surface area contributed by atoms with Crippen LogP contribution in [0, 0.1) is 5.92 Å². The number of carbonyl (C=O) groups excluding carboxylic acids is 1. The molecule has 3 heterocycles. The molecule has 1 aromatic rings. The maximum Gasteiger partial charge on any atom is 0.391 e. The number of likely N-dealkylation sites (tertiary alicyclic amines) is 1. The molecule has 0 radical (unpaired) electrons. The van der Waals surface area contributed by atoms with Crippen molar-refractivity contribution in [1.29, 1.82) is 0 Å². The standard InChI is InChI=1S/C13H17F3N4O.ClH/c14-13(15,16)8-2-5-20(6-3-8)12(21)11-9-7-17-4-1-10(9)18-19-11;/h8,17H,1-7H2,(H,18,19);1H. The third kappa shape index (κ3) is 3.22. The van der Waals surface area contributed by atoms with Gasteiger partial charge >= 0.3 is 6.18 Å². The predicted molar refractivity (Wildman–Crippen MR) is 75.9 cm³/mol. The van der Waals surface area contributed by atoms with Gasteiger partial charge in [0.05, 0.1) is 5.92 Å². The molecule has 3 rings (SSSR count). The van der Waals surface area contributed by atoms with Crippen LogP contribution in [0.1, 0.15) is 34.6 Å². The average Bonchev–Trinajstić information content (AvgIpc) is 2.90. The SMILES string of the molecule is Cl.O=C(c1n[nH]c2c1CNCC2)N1CCC(C(F)(F)F)CC1. The first-order valence-electron chi connectivity index (χ1n) is 7.09. The Morgan fingerprint density at radius 1 is 1.27 bits per heavy atom. The minimum atomic E-state index is -4.16. The van der Waals surface area contributed by atoms with Crippen molar-refractivity contribution in [3.8, 4) is 0 Å². The van der Waals surface area contributed by atoms with Gasteiger partial charge in [-0.1, -0.05) is 0 Å². The molecule has 0 saturated carbocycles. The van der Waals surface area contributed by atoms with Crippen molar-refractivity contribution in [3.05, 3.63) is 17.0 Å². The van der Waals surface area contributed by atoms with E-state index in [2.05, 4.69) is 15.5 Å². The Kier molecular flexibility index (Phi) is 5.01. The molecule has 0 aliphatic carbocycles. The van der Waals surface area contributed by atoms with Crippen molar-refractivity contribution in [3.63, 3.8) is 0 Å². The third-order valence-corrected chi connectivity index (χ3v) is 4.25. The quantitative estimate of drug-likeness (QED) is 0.822. The molecular weight excluding hydrogens is 321 g/mol. The maximum atomic E-state index is 12.6. The molecule has 2 aliphatic heterocycles. The molecule has 0 unspecified atom stereocenters. The van der Waals surface area contributed by atoms with Gasteiger partial charge in [0.25, 0.3) is 5.91 Å². The van der Waals surface area contributed by atoms with Crippen LogP contribution in [0.25, 0.3) is 0 Å². The summed E-state index contributed by atoms with van der Waals surface area (Å²) in [5.41, 5.74) is 2.15. The van der Waals surface area contributed by atoms with Crippen molar-refractivity contribution >= 4 is 18.3 Å². The lowest BCUT2D eigenvalue weighted by Crippen LogP contribution is -2.42. The molecule has 22 heavy (non-hydrogen) atoms. The molecule has 5 nitrogen and oxygen atoms in total. The van der Waals surface area contributed by atoms with Gasteiger partial charge in [-0.25, -0.2) is 0 Å². The Morgan fingerprint density at radius 3 is 2.59 bits per heavy atom. The van der Waals surface area contributed by atoms with Gasteiger partial charge in [0, 0.05) is 43.9 Å². The first kappa shape index (κ1) is 17.1. The van der Waals surface area contributed by atoms with Crippen LogP contribution in [0.4, 0.5) is 13.2 Å². The number of alkyl halides is 3. The van der Waals surface area contributed by atoms with Crippen molar-refractivity contribution in [2.45, 2.75) is 32.0 Å². The van der Waals surface area contributed by atoms with E-state index < -0.39 is 12.1 Å². The molecular formula is C13H18ClF3N4O. The molecule has 2 N–H and O–H groups in total. The van der Waals surface area contributed by atoms with Gasteiger partial charge in [-0.15, -0.1) is 12.4 Å². The molecule has 1 aromatic heterocycles. The fourth-order valence-corrected chi connectivity index (χ4v) is 2.96. The van der Waals surface area contributed by atoms with Crippen LogP contribution in [-0.2, 0) is 13.0 Å². The van der Waals surface area contributed by atoms with Gasteiger partial charge in [-0.2, -0.15) is 18.3 Å². The zero-order chi connectivity index (χ0) is 15.0. The van der Waals surface area contributed by atoms with E-state index >= 15 is 0 Å². The van der Waals surface area contributed by atoms with Gasteiger partial charge in [0.15, 0.2) is 5.69 Å². The number of nitrogens with zero attached hydrogens (tertiary/aromatic N) is 2. The summed E-state index contributed by atoms with van der Waals surface area (Å²) in [6.07, 6.45) is -3.43. The zero-order valence-corrected chi connectivity index (χ0v) is 12.7. The molecule has 9 heteroatoms.